The molecule has 0 aliphatic heterocycles. The monoisotopic (exact) mass is 337 g/mol. The summed E-state index contributed by atoms with van der Waals surface area (Å²) in [6, 6.07) is 4.66. The molecule has 1 heterocycles. The predicted molar refractivity (Wildman–Crippen MR) is 87.2 cm³/mol. The van der Waals surface area contributed by atoms with Crippen molar-refractivity contribution in [3.63, 3.8) is 0 Å². The minimum absolute atomic E-state index is 0.0615. The Morgan fingerprint density at radius 3 is 2.48 bits per heavy atom. The van der Waals surface area contributed by atoms with E-state index >= 15 is 0 Å². The Balaban J connectivity index is 2.47. The smallest absolute Gasteiger partial charge is 0.296 e. The standard InChI is InChI=1S/C14H19N5O3S/c1-4-19(5-2)11-6-7-12(13(10-11)23(20,21)22)16-17-14-15-8-9-18(14)3/h6-10H,4-5H2,1-3H3,(H,20,21,22). The summed E-state index contributed by atoms with van der Waals surface area (Å²) < 4.78 is 34.4. The zero-order chi connectivity index (χ0) is 17.0. The fourth-order valence-electron chi connectivity index (χ4n) is 2.13. The molecule has 0 saturated carbocycles. The summed E-state index contributed by atoms with van der Waals surface area (Å²) in [7, 11) is -2.67. The minimum Gasteiger partial charge on any atom is -0.372 e. The van der Waals surface area contributed by atoms with E-state index in [0.717, 1.165) is 13.1 Å². The Hall–Kier alpha value is -2.26. The van der Waals surface area contributed by atoms with Crippen molar-refractivity contribution in [3.05, 3.63) is 30.6 Å². The van der Waals surface area contributed by atoms with Crippen molar-refractivity contribution in [2.24, 2.45) is 17.3 Å². The molecule has 1 N–H and O–H groups in total. The summed E-state index contributed by atoms with van der Waals surface area (Å²) in [6.07, 6.45) is 3.25. The lowest BCUT2D eigenvalue weighted by atomic mass is 10.2. The number of hydrogen-bond acceptors (Lipinski definition) is 6. The highest BCUT2D eigenvalue weighted by Crippen LogP contribution is 2.30. The van der Waals surface area contributed by atoms with E-state index in [2.05, 4.69) is 15.2 Å². The molecule has 0 amide bonds. The minimum atomic E-state index is -4.41. The van der Waals surface area contributed by atoms with Crippen LogP contribution in [-0.2, 0) is 17.2 Å². The molecule has 0 radical (unpaired) electrons. The summed E-state index contributed by atoms with van der Waals surface area (Å²) in [4.78, 5) is 5.67. The van der Waals surface area contributed by atoms with Gasteiger partial charge in [-0.2, -0.15) is 8.42 Å². The number of aromatic nitrogens is 2. The summed E-state index contributed by atoms with van der Waals surface area (Å²) in [5.74, 6) is 0.333. The Kier molecular flexibility index (Phi) is 5.12. The van der Waals surface area contributed by atoms with Crippen molar-refractivity contribution >= 4 is 27.4 Å². The largest absolute Gasteiger partial charge is 0.372 e. The first-order chi connectivity index (χ1) is 10.9. The van der Waals surface area contributed by atoms with E-state index < -0.39 is 10.1 Å². The van der Waals surface area contributed by atoms with Crippen molar-refractivity contribution in [3.8, 4) is 0 Å². The number of imidazole rings is 1. The lowest BCUT2D eigenvalue weighted by Crippen LogP contribution is -2.22. The number of azo groups is 1. The number of aryl methyl sites for hydroxylation is 1. The number of hydrogen-bond donors (Lipinski definition) is 1. The molecule has 0 bridgehead atoms. The van der Waals surface area contributed by atoms with Gasteiger partial charge in [0.15, 0.2) is 0 Å². The van der Waals surface area contributed by atoms with E-state index in [0.29, 0.717) is 11.6 Å². The number of benzene rings is 1. The van der Waals surface area contributed by atoms with E-state index in [1.165, 1.54) is 12.1 Å². The van der Waals surface area contributed by atoms with Gasteiger partial charge in [-0.1, -0.05) is 0 Å². The highest BCUT2D eigenvalue weighted by molar-refractivity contribution is 7.86. The van der Waals surface area contributed by atoms with Gasteiger partial charge in [-0.3, -0.25) is 4.55 Å². The summed E-state index contributed by atoms with van der Waals surface area (Å²) in [5, 5.41) is 7.82. The van der Waals surface area contributed by atoms with Crippen molar-refractivity contribution in [1.82, 2.24) is 9.55 Å². The zero-order valence-electron chi connectivity index (χ0n) is 13.2. The van der Waals surface area contributed by atoms with Crippen LogP contribution in [0.2, 0.25) is 0 Å². The topological polar surface area (TPSA) is 100 Å². The Morgan fingerprint density at radius 2 is 1.96 bits per heavy atom. The van der Waals surface area contributed by atoms with Gasteiger partial charge in [-0.15, -0.1) is 10.2 Å². The fourth-order valence-corrected chi connectivity index (χ4v) is 2.77. The summed E-state index contributed by atoms with van der Waals surface area (Å²) >= 11 is 0. The number of anilines is 1. The van der Waals surface area contributed by atoms with Gasteiger partial charge in [0.1, 0.15) is 10.6 Å². The molecule has 9 heteroatoms. The SMILES string of the molecule is CCN(CC)c1ccc(N=Nc2nccn2C)c(S(=O)(=O)O)c1. The van der Waals surface area contributed by atoms with Gasteiger partial charge in [0.05, 0.1) is 0 Å². The average Bonchev–Trinajstić information content (AvgIpc) is 2.91. The summed E-state index contributed by atoms with van der Waals surface area (Å²) in [5.41, 5.74) is 0.755. The molecule has 0 aliphatic carbocycles. The second kappa shape index (κ2) is 6.88. The van der Waals surface area contributed by atoms with Crippen LogP contribution in [0.5, 0.6) is 0 Å². The van der Waals surface area contributed by atoms with Crippen molar-refractivity contribution in [2.45, 2.75) is 18.7 Å². The van der Waals surface area contributed by atoms with Gasteiger partial charge in [0.2, 0.25) is 5.95 Å². The molecule has 1 aromatic carbocycles. The van der Waals surface area contributed by atoms with E-state index in [9.17, 15) is 13.0 Å². The molecule has 23 heavy (non-hydrogen) atoms. The van der Waals surface area contributed by atoms with Crippen LogP contribution in [0.25, 0.3) is 0 Å². The van der Waals surface area contributed by atoms with Gasteiger partial charge >= 0.3 is 0 Å². The Morgan fingerprint density at radius 1 is 1.26 bits per heavy atom. The highest BCUT2D eigenvalue weighted by Gasteiger charge is 2.18. The normalized spacial score (nSPS) is 12.0. The van der Waals surface area contributed by atoms with Gasteiger partial charge in [-0.25, -0.2) is 4.98 Å². The van der Waals surface area contributed by atoms with E-state index in [-0.39, 0.29) is 10.6 Å². The molecule has 124 valence electrons. The summed E-state index contributed by atoms with van der Waals surface area (Å²) in [6.45, 7) is 5.36. The van der Waals surface area contributed by atoms with Crippen LogP contribution in [0.15, 0.2) is 45.7 Å². The van der Waals surface area contributed by atoms with Crippen LogP contribution in [0, 0.1) is 0 Å². The van der Waals surface area contributed by atoms with Crippen LogP contribution < -0.4 is 4.90 Å². The highest BCUT2D eigenvalue weighted by atomic mass is 32.2. The molecular formula is C14H19N5O3S. The zero-order valence-corrected chi connectivity index (χ0v) is 14.0. The average molecular weight is 337 g/mol. The number of nitrogens with zero attached hydrogens (tertiary/aromatic N) is 5. The van der Waals surface area contributed by atoms with E-state index in [4.69, 9.17) is 0 Å². The molecule has 0 aliphatic rings. The third-order valence-electron chi connectivity index (χ3n) is 3.39. The van der Waals surface area contributed by atoms with Crippen LogP contribution in [0.1, 0.15) is 13.8 Å². The lowest BCUT2D eigenvalue weighted by molar-refractivity contribution is 0.483. The number of rotatable bonds is 6. The molecule has 0 unspecified atom stereocenters. The molecule has 8 nitrogen and oxygen atoms in total. The molecule has 0 fully saturated rings. The van der Waals surface area contributed by atoms with Gasteiger partial charge < -0.3 is 9.47 Å². The molecule has 0 saturated heterocycles. The third-order valence-corrected chi connectivity index (χ3v) is 4.28. The first kappa shape index (κ1) is 17.1. The van der Waals surface area contributed by atoms with Crippen molar-refractivity contribution in [2.75, 3.05) is 18.0 Å². The van der Waals surface area contributed by atoms with Crippen LogP contribution in [0.4, 0.5) is 17.3 Å². The fraction of sp³-hybridized carbons (Fsp3) is 0.357. The van der Waals surface area contributed by atoms with Crippen molar-refractivity contribution < 1.29 is 13.0 Å². The van der Waals surface area contributed by atoms with E-state index in [1.807, 2.05) is 18.7 Å². The quantitative estimate of drug-likeness (QED) is 0.645. The first-order valence-corrected chi connectivity index (χ1v) is 8.56. The Bertz CT molecular complexity index is 810. The second-order valence-electron chi connectivity index (χ2n) is 4.84. The maximum Gasteiger partial charge on any atom is 0.296 e. The van der Waals surface area contributed by atoms with Crippen molar-refractivity contribution in [1.29, 1.82) is 0 Å². The Labute approximate surface area is 135 Å². The predicted octanol–water partition coefficient (Wildman–Crippen LogP) is 2.93. The maximum absolute atomic E-state index is 11.6. The molecule has 0 atom stereocenters. The van der Waals surface area contributed by atoms with E-state index in [1.54, 1.807) is 30.1 Å². The lowest BCUT2D eigenvalue weighted by Gasteiger charge is -2.21. The first-order valence-electron chi connectivity index (χ1n) is 7.12. The molecule has 2 rings (SSSR count). The van der Waals surface area contributed by atoms with Crippen LogP contribution in [-0.4, -0.2) is 35.6 Å². The van der Waals surface area contributed by atoms with Gasteiger partial charge in [0, 0.05) is 38.2 Å². The molecule has 2 aromatic rings. The second-order valence-corrected chi connectivity index (χ2v) is 6.23. The van der Waals surface area contributed by atoms with Crippen LogP contribution in [0.3, 0.4) is 0 Å². The molecule has 1 aromatic heterocycles. The molecular weight excluding hydrogens is 318 g/mol. The molecule has 0 spiro atoms. The van der Waals surface area contributed by atoms with Gasteiger partial charge in [0.25, 0.3) is 10.1 Å². The van der Waals surface area contributed by atoms with Gasteiger partial charge in [-0.05, 0) is 32.0 Å². The third kappa shape index (κ3) is 3.93. The maximum atomic E-state index is 11.6. The van der Waals surface area contributed by atoms with Crippen LogP contribution >= 0.6 is 0 Å².